The Kier molecular flexibility index (Phi) is 6.74. The molecule has 1 fully saturated rings. The number of hydrogen-bond donors (Lipinski definition) is 1. The summed E-state index contributed by atoms with van der Waals surface area (Å²) in [4.78, 5) is 15.2. The van der Waals surface area contributed by atoms with Gasteiger partial charge in [-0.15, -0.1) is 0 Å². The minimum atomic E-state index is 0.476. The Labute approximate surface area is 163 Å². The summed E-state index contributed by atoms with van der Waals surface area (Å²) in [7, 11) is 1.60. The number of methoxy groups -OCH3 is 1. The van der Waals surface area contributed by atoms with Crippen molar-refractivity contribution in [1.29, 1.82) is 0 Å². The number of rotatable bonds is 5. The van der Waals surface area contributed by atoms with Gasteiger partial charge in [0.15, 0.2) is 0 Å². The van der Waals surface area contributed by atoms with E-state index in [2.05, 4.69) is 30.3 Å². The second-order valence-electron chi connectivity index (χ2n) is 5.63. The Morgan fingerprint density at radius 2 is 1.89 bits per heavy atom. The molecule has 0 unspecified atom stereocenters. The summed E-state index contributed by atoms with van der Waals surface area (Å²) in [6.07, 6.45) is 3.35. The van der Waals surface area contributed by atoms with Crippen LogP contribution in [0.4, 0.5) is 17.7 Å². The van der Waals surface area contributed by atoms with E-state index in [9.17, 15) is 0 Å². The van der Waals surface area contributed by atoms with Crippen molar-refractivity contribution in [3.63, 3.8) is 0 Å². The van der Waals surface area contributed by atoms with Crippen LogP contribution >= 0.6 is 0 Å². The van der Waals surface area contributed by atoms with Crippen LogP contribution < -0.4 is 15.0 Å². The Bertz CT molecular complexity index is 862. The zero-order chi connectivity index (χ0) is 19.8. The average molecular weight is 384 g/mol. The van der Waals surface area contributed by atoms with Crippen molar-refractivity contribution in [2.45, 2.75) is 13.8 Å². The lowest BCUT2D eigenvalue weighted by Gasteiger charge is -2.26. The van der Waals surface area contributed by atoms with Crippen LogP contribution in [0.25, 0.3) is 11.4 Å². The van der Waals surface area contributed by atoms with E-state index in [-0.39, 0.29) is 0 Å². The van der Waals surface area contributed by atoms with E-state index in [1.165, 1.54) is 0 Å². The van der Waals surface area contributed by atoms with Gasteiger partial charge in [-0.3, -0.25) is 4.98 Å². The minimum Gasteiger partial charge on any atom is -0.495 e. The lowest BCUT2D eigenvalue weighted by molar-refractivity contribution is 0.122. The van der Waals surface area contributed by atoms with E-state index in [4.69, 9.17) is 14.0 Å². The summed E-state index contributed by atoms with van der Waals surface area (Å²) < 4.78 is 15.8. The van der Waals surface area contributed by atoms with Crippen LogP contribution in [-0.2, 0) is 4.74 Å². The van der Waals surface area contributed by atoms with E-state index >= 15 is 0 Å². The molecule has 3 aromatic rings. The summed E-state index contributed by atoms with van der Waals surface area (Å²) in [5, 5.41) is 7.14. The van der Waals surface area contributed by atoms with Crippen molar-refractivity contribution in [3.8, 4) is 17.1 Å². The van der Waals surface area contributed by atoms with Gasteiger partial charge < -0.3 is 24.2 Å². The number of aromatic nitrogens is 4. The molecule has 3 aromatic heterocycles. The fourth-order valence-corrected chi connectivity index (χ4v) is 2.57. The van der Waals surface area contributed by atoms with Gasteiger partial charge in [-0.05, 0) is 18.2 Å². The first kappa shape index (κ1) is 19.6. The number of hydrogen-bond acceptors (Lipinski definition) is 9. The summed E-state index contributed by atoms with van der Waals surface area (Å²) in [5.41, 5.74) is 1.32. The molecule has 1 N–H and O–H groups in total. The molecule has 1 aliphatic heterocycles. The van der Waals surface area contributed by atoms with Crippen molar-refractivity contribution in [1.82, 2.24) is 20.1 Å². The van der Waals surface area contributed by atoms with Crippen LogP contribution in [0.1, 0.15) is 13.8 Å². The van der Waals surface area contributed by atoms with Gasteiger partial charge in [0.25, 0.3) is 0 Å². The maximum atomic E-state index is 5.36. The highest BCUT2D eigenvalue weighted by Gasteiger charge is 2.15. The van der Waals surface area contributed by atoms with Crippen molar-refractivity contribution < 1.29 is 14.0 Å². The summed E-state index contributed by atoms with van der Waals surface area (Å²) in [5.74, 6) is 2.46. The maximum absolute atomic E-state index is 5.36. The maximum Gasteiger partial charge on any atom is 0.230 e. The van der Waals surface area contributed by atoms with E-state index in [0.717, 1.165) is 13.1 Å². The number of nitrogens with zero attached hydrogens (tertiary/aromatic N) is 5. The highest BCUT2D eigenvalue weighted by Crippen LogP contribution is 2.24. The summed E-state index contributed by atoms with van der Waals surface area (Å²) >= 11 is 0. The molecule has 1 saturated heterocycles. The molecule has 9 nitrogen and oxygen atoms in total. The number of nitrogens with one attached hydrogen (secondary N) is 1. The molecule has 0 radical (unpaired) electrons. The van der Waals surface area contributed by atoms with Crippen molar-refractivity contribution >= 4 is 17.7 Å². The molecule has 0 saturated carbocycles. The number of anilines is 3. The molecule has 0 atom stereocenters. The SMILES string of the molecule is CC.COc1ccc(-c2cc(Nc3ccnc(N4CCOCC4)n3)on2)nc1. The molecule has 4 rings (SSSR count). The van der Waals surface area contributed by atoms with E-state index in [0.29, 0.717) is 48.0 Å². The highest BCUT2D eigenvalue weighted by molar-refractivity contribution is 5.61. The molecule has 9 heteroatoms. The predicted octanol–water partition coefficient (Wildman–Crippen LogP) is 3.14. The van der Waals surface area contributed by atoms with Gasteiger partial charge in [0.05, 0.1) is 32.2 Å². The topological polar surface area (TPSA) is 98.4 Å². The van der Waals surface area contributed by atoms with Gasteiger partial charge in [0.1, 0.15) is 17.3 Å². The largest absolute Gasteiger partial charge is 0.495 e. The molecular weight excluding hydrogens is 360 g/mol. The smallest absolute Gasteiger partial charge is 0.230 e. The van der Waals surface area contributed by atoms with Crippen LogP contribution in [0.15, 0.2) is 41.2 Å². The number of pyridine rings is 1. The second kappa shape index (κ2) is 9.65. The first-order chi connectivity index (χ1) is 13.8. The minimum absolute atomic E-state index is 0.476. The third kappa shape index (κ3) is 4.74. The Hall–Kier alpha value is -3.20. The fourth-order valence-electron chi connectivity index (χ4n) is 2.57. The number of morpholine rings is 1. The van der Waals surface area contributed by atoms with Crippen molar-refractivity contribution in [3.05, 3.63) is 36.7 Å². The van der Waals surface area contributed by atoms with Crippen LogP contribution in [0.2, 0.25) is 0 Å². The molecule has 1 aliphatic rings. The average Bonchev–Trinajstić information content (AvgIpc) is 3.24. The Morgan fingerprint density at radius 3 is 2.61 bits per heavy atom. The zero-order valence-corrected chi connectivity index (χ0v) is 16.3. The van der Waals surface area contributed by atoms with Gasteiger partial charge in [-0.1, -0.05) is 19.0 Å². The summed E-state index contributed by atoms with van der Waals surface area (Å²) in [6.45, 7) is 6.92. The van der Waals surface area contributed by atoms with Crippen molar-refractivity contribution in [2.24, 2.45) is 0 Å². The molecule has 0 bridgehead atoms. The lowest BCUT2D eigenvalue weighted by atomic mass is 10.2. The standard InChI is InChI=1S/C17H18N6O3.C2H6/c1-24-12-2-3-13(19-11-12)14-10-16(26-22-14)20-15-4-5-18-17(21-15)23-6-8-25-9-7-23;1-2/h2-5,10-11H,6-9H2,1H3,(H,18,20,21);1-2H3. The number of ether oxygens (including phenoxy) is 2. The van der Waals surface area contributed by atoms with Crippen LogP contribution in [0.3, 0.4) is 0 Å². The molecule has 0 aromatic carbocycles. The molecule has 0 amide bonds. The van der Waals surface area contributed by atoms with Gasteiger partial charge in [-0.25, -0.2) is 4.98 Å². The van der Waals surface area contributed by atoms with Gasteiger partial charge in [0, 0.05) is 25.4 Å². The third-order valence-corrected chi connectivity index (χ3v) is 3.93. The second-order valence-corrected chi connectivity index (χ2v) is 5.63. The molecular formula is C19H24N6O3. The van der Waals surface area contributed by atoms with Crippen molar-refractivity contribution in [2.75, 3.05) is 43.6 Å². The molecule has 4 heterocycles. The van der Waals surface area contributed by atoms with Crippen LogP contribution in [-0.4, -0.2) is 53.5 Å². The lowest BCUT2D eigenvalue weighted by Crippen LogP contribution is -2.37. The first-order valence-electron chi connectivity index (χ1n) is 9.22. The predicted molar refractivity (Wildman–Crippen MR) is 106 cm³/mol. The van der Waals surface area contributed by atoms with E-state index in [1.54, 1.807) is 31.6 Å². The zero-order valence-electron chi connectivity index (χ0n) is 16.3. The van der Waals surface area contributed by atoms with Gasteiger partial charge in [-0.2, -0.15) is 4.98 Å². The molecule has 28 heavy (non-hydrogen) atoms. The van der Waals surface area contributed by atoms with E-state index < -0.39 is 0 Å². The Balaban J connectivity index is 0.00000109. The van der Waals surface area contributed by atoms with Gasteiger partial charge >= 0.3 is 0 Å². The molecule has 0 aliphatic carbocycles. The summed E-state index contributed by atoms with van der Waals surface area (Å²) in [6, 6.07) is 7.19. The quantitative estimate of drug-likeness (QED) is 0.711. The van der Waals surface area contributed by atoms with Crippen LogP contribution in [0, 0.1) is 0 Å². The van der Waals surface area contributed by atoms with E-state index in [1.807, 2.05) is 26.0 Å². The Morgan fingerprint density at radius 1 is 1.07 bits per heavy atom. The normalized spacial score (nSPS) is 13.5. The highest BCUT2D eigenvalue weighted by atomic mass is 16.5. The van der Waals surface area contributed by atoms with Crippen LogP contribution in [0.5, 0.6) is 5.75 Å². The van der Waals surface area contributed by atoms with Gasteiger partial charge in [0.2, 0.25) is 11.8 Å². The third-order valence-electron chi connectivity index (χ3n) is 3.93. The molecule has 0 spiro atoms. The first-order valence-corrected chi connectivity index (χ1v) is 9.22. The fraction of sp³-hybridized carbons (Fsp3) is 0.368. The molecule has 148 valence electrons. The monoisotopic (exact) mass is 384 g/mol.